The Balaban J connectivity index is 0.000000424. The Morgan fingerprint density at radius 3 is 2.12 bits per heavy atom. The number of aliphatic hydroxyl groups is 1. The van der Waals surface area contributed by atoms with Gasteiger partial charge >= 0.3 is 24.3 Å². The van der Waals surface area contributed by atoms with E-state index in [1.54, 1.807) is 6.07 Å². The normalized spacial score (nSPS) is 18.9. The fraction of sp³-hybridized carbons (Fsp3) is 0.531. The Bertz CT molecular complexity index is 1510. The minimum absolute atomic E-state index is 0.0220. The Morgan fingerprint density at radius 2 is 1.59 bits per heavy atom. The molecule has 1 spiro atoms. The largest absolute Gasteiger partial charge is 0.508 e. The highest BCUT2D eigenvalue weighted by Gasteiger charge is 2.42. The summed E-state index contributed by atoms with van der Waals surface area (Å²) in [6, 6.07) is 10.7. The molecule has 0 unspecified atom stereocenters. The summed E-state index contributed by atoms with van der Waals surface area (Å²) in [5.74, 6) is -4.39. The van der Waals surface area contributed by atoms with E-state index in [1.165, 1.54) is 12.1 Å². The third-order valence-electron chi connectivity index (χ3n) is 8.39. The van der Waals surface area contributed by atoms with Crippen LogP contribution in [0.4, 0.5) is 26.3 Å². The van der Waals surface area contributed by atoms with Crippen molar-refractivity contribution >= 4 is 29.4 Å². The molecule has 0 radical (unpaired) electrons. The van der Waals surface area contributed by atoms with E-state index >= 15 is 0 Å². The number of aromatic hydroxyl groups is 1. The van der Waals surface area contributed by atoms with Gasteiger partial charge in [-0.25, -0.2) is 9.59 Å². The lowest BCUT2D eigenvalue weighted by atomic mass is 9.87. The number of fused-ring (bicyclic) bond motifs is 1. The SMILES string of the molecule is CN(C)[C@@H]1CCN(C(=O)c2ccc(O)cc2OC[C@@H](O)CN2CCC3(CC2)Cc2cc(Cl)ccc2O3)C1.O=C(O)C(F)(F)F.O=C(O)C(F)(F)F. The molecule has 1 amide bonds. The van der Waals surface area contributed by atoms with Crippen LogP contribution in [-0.4, -0.2) is 136 Å². The van der Waals surface area contributed by atoms with Crippen molar-refractivity contribution in [3.05, 3.63) is 52.5 Å². The maximum Gasteiger partial charge on any atom is 0.490 e. The van der Waals surface area contributed by atoms with Gasteiger partial charge in [-0.05, 0) is 56.4 Å². The van der Waals surface area contributed by atoms with E-state index in [1.807, 2.05) is 37.2 Å². The molecule has 5 rings (SSSR count). The average Bonchev–Trinajstić information content (AvgIpc) is 3.66. The second kappa shape index (κ2) is 17.0. The van der Waals surface area contributed by atoms with Gasteiger partial charge in [0.2, 0.25) is 0 Å². The summed E-state index contributed by atoms with van der Waals surface area (Å²) in [5, 5.41) is 35.7. The number of carboxylic acids is 2. The van der Waals surface area contributed by atoms with Gasteiger partial charge < -0.3 is 44.6 Å². The summed E-state index contributed by atoms with van der Waals surface area (Å²) in [7, 11) is 4.04. The molecule has 0 aliphatic carbocycles. The standard InChI is InChI=1S/C28H36ClN3O5.2C2HF3O2/c1-30(2)21-7-10-32(16-21)27(35)24-5-4-22(33)14-26(24)36-18-23(34)17-31-11-8-28(9-12-31)15-19-13-20(29)3-6-25(19)37-28;2*3-2(4,5)1(6)7/h3-6,13-14,21,23,33-34H,7-12,15-18H2,1-2H3;2*(H,6,7)/t21-,23+;;/m1../s1. The lowest BCUT2D eigenvalue weighted by molar-refractivity contribution is -0.193. The van der Waals surface area contributed by atoms with Crippen molar-refractivity contribution in [3.63, 3.8) is 0 Å². The van der Waals surface area contributed by atoms with Gasteiger partial charge in [0.1, 0.15) is 35.6 Å². The van der Waals surface area contributed by atoms with Crippen LogP contribution in [0.2, 0.25) is 5.02 Å². The van der Waals surface area contributed by atoms with Crippen molar-refractivity contribution in [2.75, 3.05) is 53.4 Å². The summed E-state index contributed by atoms with van der Waals surface area (Å²) >= 11 is 6.15. The topological polar surface area (TPSA) is 160 Å². The number of halogens is 7. The van der Waals surface area contributed by atoms with E-state index in [9.17, 15) is 41.4 Å². The van der Waals surface area contributed by atoms with Crippen LogP contribution in [-0.2, 0) is 16.0 Å². The number of benzene rings is 2. The van der Waals surface area contributed by atoms with Gasteiger partial charge in [0.15, 0.2) is 0 Å². The maximum atomic E-state index is 13.2. The number of ether oxygens (including phenoxy) is 2. The molecule has 0 saturated carbocycles. The second-order valence-electron chi connectivity index (χ2n) is 12.4. The van der Waals surface area contributed by atoms with Gasteiger partial charge in [-0.15, -0.1) is 0 Å². The predicted molar refractivity (Wildman–Crippen MR) is 169 cm³/mol. The minimum Gasteiger partial charge on any atom is -0.508 e. The fourth-order valence-corrected chi connectivity index (χ4v) is 5.88. The van der Waals surface area contributed by atoms with Crippen molar-refractivity contribution in [2.24, 2.45) is 0 Å². The predicted octanol–water partition coefficient (Wildman–Crippen LogP) is 4.30. The zero-order chi connectivity index (χ0) is 38.3. The Morgan fingerprint density at radius 1 is 1.00 bits per heavy atom. The third kappa shape index (κ3) is 12.0. The smallest absolute Gasteiger partial charge is 0.490 e. The van der Waals surface area contributed by atoms with Crippen LogP contribution in [0, 0.1) is 0 Å². The molecular weight excluding hydrogens is 720 g/mol. The number of carbonyl (C=O) groups excluding carboxylic acids is 1. The Labute approximate surface area is 293 Å². The van der Waals surface area contributed by atoms with Crippen LogP contribution in [0.3, 0.4) is 0 Å². The number of carbonyl (C=O) groups is 3. The molecule has 284 valence electrons. The molecule has 19 heteroatoms. The highest BCUT2D eigenvalue weighted by molar-refractivity contribution is 6.30. The summed E-state index contributed by atoms with van der Waals surface area (Å²) in [6.45, 7) is 3.48. The van der Waals surface area contributed by atoms with Crippen molar-refractivity contribution in [1.82, 2.24) is 14.7 Å². The average molecular weight is 758 g/mol. The van der Waals surface area contributed by atoms with Crippen LogP contribution in [0.1, 0.15) is 35.2 Å². The van der Waals surface area contributed by atoms with E-state index in [0.717, 1.165) is 55.1 Å². The van der Waals surface area contributed by atoms with Gasteiger partial charge in [0.05, 0.1) is 5.56 Å². The monoisotopic (exact) mass is 757 g/mol. The fourth-order valence-electron chi connectivity index (χ4n) is 5.69. The molecule has 51 heavy (non-hydrogen) atoms. The zero-order valence-corrected chi connectivity index (χ0v) is 28.3. The third-order valence-corrected chi connectivity index (χ3v) is 8.63. The minimum atomic E-state index is -5.08. The molecular formula is C32H38ClF6N3O9. The first-order chi connectivity index (χ1) is 23.6. The van der Waals surface area contributed by atoms with E-state index < -0.39 is 30.4 Å². The van der Waals surface area contributed by atoms with E-state index in [4.69, 9.17) is 40.9 Å². The van der Waals surface area contributed by atoms with Crippen molar-refractivity contribution < 1.29 is 70.6 Å². The summed E-state index contributed by atoms with van der Waals surface area (Å²) < 4.78 is 75.7. The molecule has 2 aromatic rings. The second-order valence-corrected chi connectivity index (χ2v) is 12.9. The number of likely N-dealkylation sites (tertiary alicyclic amines) is 2. The van der Waals surface area contributed by atoms with E-state index in [-0.39, 0.29) is 23.9 Å². The van der Waals surface area contributed by atoms with Crippen molar-refractivity contribution in [3.8, 4) is 17.2 Å². The molecule has 2 atom stereocenters. The number of carboxylic acid groups (broad SMARTS) is 2. The molecule has 0 bridgehead atoms. The maximum absolute atomic E-state index is 13.2. The molecule has 3 aliphatic rings. The highest BCUT2D eigenvalue weighted by Crippen LogP contribution is 2.42. The zero-order valence-electron chi connectivity index (χ0n) is 27.5. The number of β-amino-alcohol motifs (C(OH)–C–C–N with tert-alkyl or cyclic N) is 1. The van der Waals surface area contributed by atoms with Gasteiger partial charge in [-0.2, -0.15) is 26.3 Å². The number of hydrogen-bond donors (Lipinski definition) is 4. The molecule has 12 nitrogen and oxygen atoms in total. The Kier molecular flexibility index (Phi) is 13.8. The Hall–Kier alpha value is -4.00. The number of aliphatic hydroxyl groups excluding tert-OH is 1. The first-order valence-corrected chi connectivity index (χ1v) is 15.9. The first-order valence-electron chi connectivity index (χ1n) is 15.5. The number of phenols is 1. The molecule has 3 heterocycles. The van der Waals surface area contributed by atoms with E-state index in [2.05, 4.69) is 9.80 Å². The highest BCUT2D eigenvalue weighted by atomic mass is 35.5. The molecule has 4 N–H and O–H groups in total. The summed E-state index contributed by atoms with van der Waals surface area (Å²) in [5.41, 5.74) is 1.38. The first kappa shape index (κ1) is 41.4. The summed E-state index contributed by atoms with van der Waals surface area (Å²) in [6.07, 6.45) is -7.36. The number of hydrogen-bond acceptors (Lipinski definition) is 9. The van der Waals surface area contributed by atoms with Crippen LogP contribution in [0.5, 0.6) is 17.2 Å². The number of amides is 1. The number of aliphatic carboxylic acids is 2. The van der Waals surface area contributed by atoms with Crippen LogP contribution in [0.15, 0.2) is 36.4 Å². The molecule has 0 aromatic heterocycles. The van der Waals surface area contributed by atoms with Gasteiger partial charge in [-0.3, -0.25) is 4.79 Å². The number of alkyl halides is 6. The van der Waals surface area contributed by atoms with Crippen LogP contribution >= 0.6 is 11.6 Å². The lowest BCUT2D eigenvalue weighted by Gasteiger charge is -2.39. The van der Waals surface area contributed by atoms with Crippen LogP contribution < -0.4 is 9.47 Å². The molecule has 3 aliphatic heterocycles. The van der Waals surface area contributed by atoms with Crippen molar-refractivity contribution in [1.29, 1.82) is 0 Å². The number of phenolic OH excluding ortho intramolecular Hbond substituents is 1. The number of rotatable bonds is 7. The number of piperidine rings is 1. The number of nitrogens with zero attached hydrogens (tertiary/aromatic N) is 3. The van der Waals surface area contributed by atoms with Gasteiger partial charge in [-0.1, -0.05) is 11.6 Å². The number of likely N-dealkylation sites (N-methyl/N-ethyl adjacent to an activating group) is 1. The van der Waals surface area contributed by atoms with Gasteiger partial charge in [0.25, 0.3) is 5.91 Å². The van der Waals surface area contributed by atoms with Crippen molar-refractivity contribution in [2.45, 2.75) is 55.8 Å². The van der Waals surface area contributed by atoms with Crippen LogP contribution in [0.25, 0.3) is 0 Å². The van der Waals surface area contributed by atoms with E-state index in [0.29, 0.717) is 37.0 Å². The molecule has 2 saturated heterocycles. The molecule has 2 fully saturated rings. The summed E-state index contributed by atoms with van der Waals surface area (Å²) in [4.78, 5) is 37.2. The molecule has 2 aromatic carbocycles. The quantitative estimate of drug-likeness (QED) is 0.299. The van der Waals surface area contributed by atoms with Gasteiger partial charge in [0, 0.05) is 69.1 Å². The lowest BCUT2D eigenvalue weighted by Crippen LogP contribution is -2.49.